The van der Waals surface area contributed by atoms with Crippen molar-refractivity contribution >= 4 is 50.7 Å². The lowest BCUT2D eigenvalue weighted by Gasteiger charge is -2.33. The van der Waals surface area contributed by atoms with Gasteiger partial charge in [-0.25, -0.2) is 8.42 Å². The first-order chi connectivity index (χ1) is 17.0. The molecule has 0 spiro atoms. The van der Waals surface area contributed by atoms with Gasteiger partial charge in [-0.3, -0.25) is 13.9 Å². The van der Waals surface area contributed by atoms with Crippen molar-refractivity contribution in [1.82, 2.24) is 10.2 Å². The lowest BCUT2D eigenvalue weighted by molar-refractivity contribution is -0.139. The van der Waals surface area contributed by atoms with Crippen molar-refractivity contribution in [3.05, 3.63) is 63.6 Å². The van der Waals surface area contributed by atoms with Crippen LogP contribution in [0.5, 0.6) is 0 Å². The number of hydrogen-bond acceptors (Lipinski definition) is 4. The molecule has 36 heavy (non-hydrogen) atoms. The van der Waals surface area contributed by atoms with E-state index in [9.17, 15) is 18.0 Å². The van der Waals surface area contributed by atoms with E-state index in [1.807, 2.05) is 6.07 Å². The molecule has 0 heterocycles. The molecule has 0 aromatic heterocycles. The maximum atomic E-state index is 13.7. The maximum Gasteiger partial charge on any atom is 0.244 e. The first kappa shape index (κ1) is 28.3. The van der Waals surface area contributed by atoms with Gasteiger partial charge in [-0.05, 0) is 62.1 Å². The molecule has 1 saturated carbocycles. The Labute approximate surface area is 223 Å². The minimum atomic E-state index is -3.83. The van der Waals surface area contributed by atoms with Crippen LogP contribution in [0, 0.1) is 6.92 Å². The van der Waals surface area contributed by atoms with Crippen LogP contribution in [0.3, 0.4) is 0 Å². The first-order valence-corrected chi connectivity index (χ1v) is 14.6. The molecule has 2 aromatic carbocycles. The average molecular weight is 555 g/mol. The number of carbonyl (C=O) groups excluding carboxylic acids is 2. The Morgan fingerprint density at radius 2 is 1.72 bits per heavy atom. The Morgan fingerprint density at radius 3 is 2.36 bits per heavy atom. The zero-order valence-corrected chi connectivity index (χ0v) is 23.2. The van der Waals surface area contributed by atoms with Crippen LogP contribution in [0.15, 0.2) is 42.5 Å². The van der Waals surface area contributed by atoms with Crippen molar-refractivity contribution in [3.8, 4) is 0 Å². The van der Waals surface area contributed by atoms with E-state index in [0.29, 0.717) is 21.3 Å². The number of rotatable bonds is 9. The Bertz CT molecular complexity index is 1200. The molecule has 2 aromatic rings. The highest BCUT2D eigenvalue weighted by atomic mass is 35.5. The van der Waals surface area contributed by atoms with E-state index < -0.39 is 28.5 Å². The van der Waals surface area contributed by atoms with Crippen molar-refractivity contribution in [2.24, 2.45) is 0 Å². The number of amides is 2. The summed E-state index contributed by atoms with van der Waals surface area (Å²) in [6, 6.07) is 11.2. The fourth-order valence-electron chi connectivity index (χ4n) is 4.43. The zero-order chi connectivity index (χ0) is 26.5. The minimum Gasteiger partial charge on any atom is -0.352 e. The standard InChI is InChI=1S/C26H33Cl2N3O4S/c1-18-12-13-22(28)15-24(18)31(36(3,34)35)17-25(32)30(16-20-8-7-9-21(27)14-20)19(2)26(33)29-23-10-5-4-6-11-23/h7-9,12-15,19,23H,4-6,10-11,16-17H2,1-3H3,(H,29,33)/t19-/m0/s1. The number of hydrogen-bond donors (Lipinski definition) is 1. The van der Waals surface area contributed by atoms with E-state index in [1.165, 1.54) is 11.0 Å². The van der Waals surface area contributed by atoms with E-state index in [1.54, 1.807) is 44.2 Å². The second-order valence-electron chi connectivity index (χ2n) is 9.37. The summed E-state index contributed by atoms with van der Waals surface area (Å²) in [4.78, 5) is 28.3. The van der Waals surface area contributed by atoms with Crippen LogP contribution in [0.1, 0.15) is 50.2 Å². The number of anilines is 1. The maximum absolute atomic E-state index is 13.7. The second kappa shape index (κ2) is 12.3. The number of sulfonamides is 1. The monoisotopic (exact) mass is 553 g/mol. The molecule has 0 saturated heterocycles. The van der Waals surface area contributed by atoms with E-state index in [4.69, 9.17) is 23.2 Å². The number of nitrogens with zero attached hydrogens (tertiary/aromatic N) is 2. The Kier molecular flexibility index (Phi) is 9.66. The van der Waals surface area contributed by atoms with E-state index in [0.717, 1.165) is 48.2 Å². The minimum absolute atomic E-state index is 0.0819. The van der Waals surface area contributed by atoms with Gasteiger partial charge in [-0.1, -0.05) is 60.7 Å². The predicted octanol–water partition coefficient (Wildman–Crippen LogP) is 4.93. The topological polar surface area (TPSA) is 86.8 Å². The van der Waals surface area contributed by atoms with Gasteiger partial charge in [-0.2, -0.15) is 0 Å². The van der Waals surface area contributed by atoms with Crippen LogP contribution in [-0.4, -0.2) is 50.0 Å². The van der Waals surface area contributed by atoms with Crippen molar-refractivity contribution in [3.63, 3.8) is 0 Å². The van der Waals surface area contributed by atoms with Gasteiger partial charge in [0.05, 0.1) is 11.9 Å². The van der Waals surface area contributed by atoms with Crippen molar-refractivity contribution in [1.29, 1.82) is 0 Å². The van der Waals surface area contributed by atoms with Gasteiger partial charge in [0, 0.05) is 22.6 Å². The third-order valence-corrected chi connectivity index (χ3v) is 8.08. The summed E-state index contributed by atoms with van der Waals surface area (Å²) < 4.78 is 26.5. The van der Waals surface area contributed by atoms with Crippen molar-refractivity contribution in [2.45, 2.75) is 64.6 Å². The zero-order valence-electron chi connectivity index (χ0n) is 20.8. The van der Waals surface area contributed by atoms with Crippen molar-refractivity contribution < 1.29 is 18.0 Å². The van der Waals surface area contributed by atoms with Gasteiger partial charge >= 0.3 is 0 Å². The Balaban J connectivity index is 1.90. The number of benzene rings is 2. The van der Waals surface area contributed by atoms with Crippen LogP contribution < -0.4 is 9.62 Å². The summed E-state index contributed by atoms with van der Waals surface area (Å²) in [5, 5.41) is 3.94. The molecule has 10 heteroatoms. The summed E-state index contributed by atoms with van der Waals surface area (Å²) in [5.74, 6) is -0.770. The number of halogens is 2. The molecule has 1 aliphatic rings. The molecular formula is C26H33Cl2N3O4S. The Hall–Kier alpha value is -2.29. The van der Waals surface area contributed by atoms with Crippen LogP contribution in [0.4, 0.5) is 5.69 Å². The quantitative estimate of drug-likeness (QED) is 0.476. The molecular weight excluding hydrogens is 521 g/mol. The normalized spacial score (nSPS) is 15.2. The largest absolute Gasteiger partial charge is 0.352 e. The summed E-state index contributed by atoms with van der Waals surface area (Å²) >= 11 is 12.3. The molecule has 1 fully saturated rings. The molecule has 1 N–H and O–H groups in total. The third kappa shape index (κ3) is 7.60. The molecule has 2 amide bonds. The van der Waals surface area contributed by atoms with Crippen LogP contribution in [0.25, 0.3) is 0 Å². The van der Waals surface area contributed by atoms with E-state index >= 15 is 0 Å². The van der Waals surface area contributed by atoms with Gasteiger partial charge in [0.2, 0.25) is 21.8 Å². The van der Waals surface area contributed by atoms with Gasteiger partial charge in [0.15, 0.2) is 0 Å². The average Bonchev–Trinajstić information content (AvgIpc) is 2.82. The lowest BCUT2D eigenvalue weighted by Crippen LogP contribution is -2.53. The van der Waals surface area contributed by atoms with Gasteiger partial charge in [-0.15, -0.1) is 0 Å². The molecule has 1 aliphatic carbocycles. The molecule has 3 rings (SSSR count). The molecule has 7 nitrogen and oxygen atoms in total. The van der Waals surface area contributed by atoms with Gasteiger partial charge < -0.3 is 10.2 Å². The van der Waals surface area contributed by atoms with E-state index in [2.05, 4.69) is 5.32 Å². The highest BCUT2D eigenvalue weighted by Gasteiger charge is 2.31. The highest BCUT2D eigenvalue weighted by molar-refractivity contribution is 7.92. The SMILES string of the molecule is Cc1ccc(Cl)cc1N(CC(=O)N(Cc1cccc(Cl)c1)[C@@H](C)C(=O)NC1CCCCC1)S(C)(=O)=O. The van der Waals surface area contributed by atoms with Crippen LogP contribution in [0.2, 0.25) is 10.0 Å². The Morgan fingerprint density at radius 1 is 1.06 bits per heavy atom. The highest BCUT2D eigenvalue weighted by Crippen LogP contribution is 2.27. The summed E-state index contributed by atoms with van der Waals surface area (Å²) in [7, 11) is -3.83. The van der Waals surface area contributed by atoms with Crippen LogP contribution >= 0.6 is 23.2 Å². The summed E-state index contributed by atoms with van der Waals surface area (Å²) in [6.45, 7) is 3.04. The fourth-order valence-corrected chi connectivity index (χ4v) is 5.71. The van der Waals surface area contributed by atoms with Gasteiger partial charge in [0.25, 0.3) is 0 Å². The van der Waals surface area contributed by atoms with Crippen LogP contribution in [-0.2, 0) is 26.2 Å². The number of carbonyl (C=O) groups is 2. The molecule has 0 unspecified atom stereocenters. The lowest BCUT2D eigenvalue weighted by atomic mass is 9.95. The molecule has 196 valence electrons. The predicted molar refractivity (Wildman–Crippen MR) is 145 cm³/mol. The summed E-state index contributed by atoms with van der Waals surface area (Å²) in [5.41, 5.74) is 1.71. The smallest absolute Gasteiger partial charge is 0.244 e. The van der Waals surface area contributed by atoms with E-state index in [-0.39, 0.29) is 18.5 Å². The molecule has 0 bridgehead atoms. The molecule has 0 radical (unpaired) electrons. The van der Waals surface area contributed by atoms with Gasteiger partial charge in [0.1, 0.15) is 12.6 Å². The molecule has 0 aliphatic heterocycles. The third-order valence-electron chi connectivity index (χ3n) is 6.48. The first-order valence-electron chi connectivity index (χ1n) is 12.0. The van der Waals surface area contributed by atoms with Crippen molar-refractivity contribution in [2.75, 3.05) is 17.1 Å². The summed E-state index contributed by atoms with van der Waals surface area (Å²) in [6.07, 6.45) is 6.15. The number of nitrogens with one attached hydrogen (secondary N) is 1. The fraction of sp³-hybridized carbons (Fsp3) is 0.462. The number of aryl methyl sites for hydroxylation is 1. The second-order valence-corrected chi connectivity index (χ2v) is 12.2. The molecule has 1 atom stereocenters.